The van der Waals surface area contributed by atoms with Gasteiger partial charge in [-0.2, -0.15) is 0 Å². The lowest BCUT2D eigenvalue weighted by Gasteiger charge is -2.27. The average molecular weight is 301 g/mol. The molecule has 1 aliphatic heterocycles. The third-order valence-electron chi connectivity index (χ3n) is 3.81. The van der Waals surface area contributed by atoms with Crippen molar-refractivity contribution in [3.05, 3.63) is 10.1 Å². The van der Waals surface area contributed by atoms with Crippen molar-refractivity contribution in [1.82, 2.24) is 10.2 Å². The fourth-order valence-corrected chi connectivity index (χ4v) is 2.52. The van der Waals surface area contributed by atoms with Crippen molar-refractivity contribution < 1.29 is 14.7 Å². The molecule has 1 saturated heterocycles. The van der Waals surface area contributed by atoms with Crippen LogP contribution in [-0.2, 0) is 9.63 Å². The summed E-state index contributed by atoms with van der Waals surface area (Å²) in [5.41, 5.74) is -0.300. The largest absolute Gasteiger partial charge is 0.355 e. The van der Waals surface area contributed by atoms with Gasteiger partial charge < -0.3 is 15.1 Å². The van der Waals surface area contributed by atoms with Crippen LogP contribution in [0.2, 0.25) is 0 Å². The molecule has 0 saturated carbocycles. The van der Waals surface area contributed by atoms with E-state index in [0.717, 1.165) is 19.6 Å². The Morgan fingerprint density at radius 3 is 2.62 bits per heavy atom. The number of hydrogen-bond donors (Lipinski definition) is 1. The van der Waals surface area contributed by atoms with Crippen molar-refractivity contribution in [2.24, 2.45) is 5.41 Å². The van der Waals surface area contributed by atoms with Gasteiger partial charge in [-0.05, 0) is 37.8 Å². The zero-order chi connectivity index (χ0) is 15.7. The summed E-state index contributed by atoms with van der Waals surface area (Å²) in [7, 11) is 0. The molecule has 1 amide bonds. The second-order valence-corrected chi connectivity index (χ2v) is 6.40. The molecule has 0 spiro atoms. The van der Waals surface area contributed by atoms with Gasteiger partial charge in [-0.1, -0.05) is 20.3 Å². The monoisotopic (exact) mass is 301 g/mol. The molecule has 0 aliphatic carbocycles. The van der Waals surface area contributed by atoms with Crippen molar-refractivity contribution in [2.75, 3.05) is 32.8 Å². The van der Waals surface area contributed by atoms with Crippen LogP contribution < -0.4 is 5.32 Å². The van der Waals surface area contributed by atoms with Crippen LogP contribution in [0.25, 0.3) is 0 Å². The Bertz CT molecular complexity index is 341. The van der Waals surface area contributed by atoms with Gasteiger partial charge in [0, 0.05) is 19.5 Å². The van der Waals surface area contributed by atoms with Gasteiger partial charge in [-0.15, -0.1) is 10.1 Å². The molecule has 1 aliphatic rings. The summed E-state index contributed by atoms with van der Waals surface area (Å²) in [6.07, 6.45) is 4.64. The zero-order valence-corrected chi connectivity index (χ0v) is 13.1. The van der Waals surface area contributed by atoms with Crippen LogP contribution in [0, 0.1) is 15.5 Å². The first-order valence-electron chi connectivity index (χ1n) is 7.65. The van der Waals surface area contributed by atoms with Gasteiger partial charge >= 0.3 is 0 Å². The number of nitrogens with one attached hydrogen (secondary N) is 1. The molecule has 122 valence electrons. The van der Waals surface area contributed by atoms with Crippen molar-refractivity contribution in [3.63, 3.8) is 0 Å². The molecule has 0 bridgehead atoms. The van der Waals surface area contributed by atoms with Gasteiger partial charge in [0.1, 0.15) is 0 Å². The van der Waals surface area contributed by atoms with Crippen LogP contribution in [0.3, 0.4) is 0 Å². The molecule has 1 rings (SSSR count). The van der Waals surface area contributed by atoms with Crippen LogP contribution in [0.4, 0.5) is 0 Å². The molecule has 0 atom stereocenters. The molecule has 7 nitrogen and oxygen atoms in total. The third-order valence-corrected chi connectivity index (χ3v) is 3.81. The van der Waals surface area contributed by atoms with E-state index in [1.165, 1.54) is 19.3 Å². The highest BCUT2D eigenvalue weighted by Crippen LogP contribution is 2.24. The van der Waals surface area contributed by atoms with E-state index in [0.29, 0.717) is 19.4 Å². The standard InChI is InChI=1S/C14H27N3O4/c1-14(2,6-11-21-17(19)20)12-13(18)15-7-10-16-8-4-3-5-9-16/h3-12H2,1-2H3,(H,15,18). The Kier molecular flexibility index (Phi) is 7.42. The molecule has 1 fully saturated rings. The van der Waals surface area contributed by atoms with E-state index in [-0.39, 0.29) is 17.9 Å². The molecule has 0 unspecified atom stereocenters. The maximum absolute atomic E-state index is 11.9. The first-order chi connectivity index (χ1) is 9.89. The fourth-order valence-electron chi connectivity index (χ4n) is 2.52. The van der Waals surface area contributed by atoms with E-state index in [1.54, 1.807) is 0 Å². The predicted molar refractivity (Wildman–Crippen MR) is 79.3 cm³/mol. The molecule has 1 N–H and O–H groups in total. The van der Waals surface area contributed by atoms with Crippen LogP contribution in [0.5, 0.6) is 0 Å². The Morgan fingerprint density at radius 1 is 1.33 bits per heavy atom. The number of rotatable bonds is 9. The summed E-state index contributed by atoms with van der Waals surface area (Å²) in [5, 5.41) is 12.2. The molecule has 21 heavy (non-hydrogen) atoms. The number of hydrogen-bond acceptors (Lipinski definition) is 5. The molecule has 7 heteroatoms. The number of carbonyl (C=O) groups excluding carboxylic acids is 1. The zero-order valence-electron chi connectivity index (χ0n) is 13.1. The van der Waals surface area contributed by atoms with Gasteiger partial charge in [0.2, 0.25) is 5.91 Å². The van der Waals surface area contributed by atoms with Gasteiger partial charge in [0.25, 0.3) is 5.09 Å². The van der Waals surface area contributed by atoms with Crippen LogP contribution in [0.1, 0.15) is 46.0 Å². The lowest BCUT2D eigenvalue weighted by atomic mass is 9.86. The number of nitrogens with zero attached hydrogens (tertiary/aromatic N) is 2. The smallest absolute Gasteiger partial charge is 0.294 e. The Balaban J connectivity index is 2.14. The van der Waals surface area contributed by atoms with E-state index < -0.39 is 5.09 Å². The lowest BCUT2D eigenvalue weighted by molar-refractivity contribution is -0.758. The molecular weight excluding hydrogens is 274 g/mol. The normalized spacial score (nSPS) is 16.5. The third kappa shape index (κ3) is 8.49. The topological polar surface area (TPSA) is 84.7 Å². The van der Waals surface area contributed by atoms with Gasteiger partial charge in [0.15, 0.2) is 0 Å². The summed E-state index contributed by atoms with van der Waals surface area (Å²) in [6.45, 7) is 7.68. The van der Waals surface area contributed by atoms with Crippen molar-refractivity contribution in [1.29, 1.82) is 0 Å². The number of amides is 1. The molecule has 0 aromatic carbocycles. The number of piperidine rings is 1. The van der Waals surface area contributed by atoms with Gasteiger partial charge in [-0.25, -0.2) is 0 Å². The van der Waals surface area contributed by atoms with Crippen LogP contribution >= 0.6 is 0 Å². The Morgan fingerprint density at radius 2 is 2.00 bits per heavy atom. The highest BCUT2D eigenvalue weighted by Gasteiger charge is 2.22. The maximum Gasteiger partial charge on any atom is 0.294 e. The summed E-state index contributed by atoms with van der Waals surface area (Å²) in [4.78, 5) is 28.7. The van der Waals surface area contributed by atoms with Crippen LogP contribution in [-0.4, -0.2) is 48.7 Å². The number of carbonyl (C=O) groups is 1. The van der Waals surface area contributed by atoms with Crippen molar-refractivity contribution in [3.8, 4) is 0 Å². The molecule has 0 aromatic rings. The Hall–Kier alpha value is -1.37. The summed E-state index contributed by atoms with van der Waals surface area (Å²) in [5.74, 6) is -0.00175. The van der Waals surface area contributed by atoms with Crippen LogP contribution in [0.15, 0.2) is 0 Å². The molecule has 0 radical (unpaired) electrons. The maximum atomic E-state index is 11.9. The van der Waals surface area contributed by atoms with Crippen molar-refractivity contribution >= 4 is 5.91 Å². The minimum absolute atomic E-state index is 0.00175. The van der Waals surface area contributed by atoms with Gasteiger partial charge in [-0.3, -0.25) is 4.79 Å². The molecular formula is C14H27N3O4. The Labute approximate surface area is 126 Å². The highest BCUT2D eigenvalue weighted by molar-refractivity contribution is 5.76. The molecule has 1 heterocycles. The molecule has 0 aromatic heterocycles. The fraction of sp³-hybridized carbons (Fsp3) is 0.929. The summed E-state index contributed by atoms with van der Waals surface area (Å²) < 4.78 is 0. The van der Waals surface area contributed by atoms with Gasteiger partial charge in [0.05, 0.1) is 6.61 Å². The SMILES string of the molecule is CC(C)(CCO[N+](=O)[O-])CC(=O)NCCN1CCCCC1. The average Bonchev–Trinajstić information content (AvgIpc) is 2.38. The van der Waals surface area contributed by atoms with E-state index in [1.807, 2.05) is 13.8 Å². The second-order valence-electron chi connectivity index (χ2n) is 6.40. The lowest BCUT2D eigenvalue weighted by Crippen LogP contribution is -2.38. The summed E-state index contributed by atoms with van der Waals surface area (Å²) in [6, 6.07) is 0. The minimum Gasteiger partial charge on any atom is -0.355 e. The summed E-state index contributed by atoms with van der Waals surface area (Å²) >= 11 is 0. The van der Waals surface area contributed by atoms with E-state index in [2.05, 4.69) is 15.1 Å². The van der Waals surface area contributed by atoms with E-state index in [9.17, 15) is 14.9 Å². The quantitative estimate of drug-likeness (QED) is 0.516. The highest BCUT2D eigenvalue weighted by atomic mass is 16.9. The minimum atomic E-state index is -0.797. The van der Waals surface area contributed by atoms with Crippen molar-refractivity contribution in [2.45, 2.75) is 46.0 Å². The first kappa shape index (κ1) is 17.7. The predicted octanol–water partition coefficient (Wildman–Crippen LogP) is 1.60. The van der Waals surface area contributed by atoms with E-state index >= 15 is 0 Å². The second kappa shape index (κ2) is 8.81. The first-order valence-corrected chi connectivity index (χ1v) is 7.65. The number of likely N-dealkylation sites (tertiary alicyclic amines) is 1. The van der Waals surface area contributed by atoms with E-state index in [4.69, 9.17) is 0 Å².